The summed E-state index contributed by atoms with van der Waals surface area (Å²) in [6, 6.07) is 0. The predicted octanol–water partition coefficient (Wildman–Crippen LogP) is 1.98. The second kappa shape index (κ2) is 2.94. The van der Waals surface area contributed by atoms with Crippen LogP contribution in [0.2, 0.25) is 0 Å². The molecule has 14 heavy (non-hydrogen) atoms. The van der Waals surface area contributed by atoms with Gasteiger partial charge in [-0.25, -0.2) is 9.97 Å². The summed E-state index contributed by atoms with van der Waals surface area (Å²) in [4.78, 5) is 8.95. The molecule has 0 bridgehead atoms. The zero-order valence-electron chi connectivity index (χ0n) is 9.09. The van der Waals surface area contributed by atoms with Gasteiger partial charge in [0.1, 0.15) is 11.6 Å². The van der Waals surface area contributed by atoms with Gasteiger partial charge in [0.15, 0.2) is 0 Å². The quantitative estimate of drug-likeness (QED) is 0.777. The number of nitrogen functional groups attached to an aromatic ring is 1. The molecule has 0 unspecified atom stereocenters. The smallest absolute Gasteiger partial charge is 0.136 e. The fourth-order valence-electron chi connectivity index (χ4n) is 1.74. The molecule has 3 heteroatoms. The van der Waals surface area contributed by atoms with Crippen molar-refractivity contribution in [2.24, 2.45) is 0 Å². The number of nitrogens with zero attached hydrogens (tertiary/aromatic N) is 2. The van der Waals surface area contributed by atoms with E-state index in [2.05, 4.69) is 23.8 Å². The first kappa shape index (κ1) is 9.44. The summed E-state index contributed by atoms with van der Waals surface area (Å²) in [5, 5.41) is 0. The third-order valence-corrected chi connectivity index (χ3v) is 3.14. The lowest BCUT2D eigenvalue weighted by Crippen LogP contribution is -2.12. The highest BCUT2D eigenvalue weighted by molar-refractivity contribution is 5.43. The Morgan fingerprint density at radius 2 is 2.00 bits per heavy atom. The molecule has 1 aromatic heterocycles. The van der Waals surface area contributed by atoms with E-state index in [1.807, 2.05) is 6.92 Å². The number of hydrogen-bond acceptors (Lipinski definition) is 3. The number of hydrogen-bond donors (Lipinski definition) is 1. The van der Waals surface area contributed by atoms with Crippen molar-refractivity contribution in [2.75, 3.05) is 5.73 Å². The Morgan fingerprint density at radius 3 is 2.43 bits per heavy atom. The number of nitrogens with two attached hydrogens (primary N) is 1. The lowest BCUT2D eigenvalue weighted by atomic mass is 10.1. The zero-order valence-corrected chi connectivity index (χ0v) is 9.09. The molecule has 3 nitrogen and oxygen atoms in total. The molecule has 0 radical (unpaired) electrons. The fraction of sp³-hybridized carbons (Fsp3) is 0.636. The van der Waals surface area contributed by atoms with Gasteiger partial charge in [0.05, 0.1) is 0 Å². The summed E-state index contributed by atoms with van der Waals surface area (Å²) < 4.78 is 0. The maximum atomic E-state index is 5.91. The van der Waals surface area contributed by atoms with E-state index in [9.17, 15) is 0 Å². The van der Waals surface area contributed by atoms with Crippen LogP contribution in [0.15, 0.2) is 0 Å². The Kier molecular flexibility index (Phi) is 1.98. The maximum absolute atomic E-state index is 5.91. The Balaban J connectivity index is 2.47. The van der Waals surface area contributed by atoms with Crippen molar-refractivity contribution < 1.29 is 0 Å². The first-order chi connectivity index (χ1) is 6.57. The standard InChI is InChI=1S/C11H17N3/c1-4-8-7(2)13-10(14-9(8)12)11(3)5-6-11/h4-6H2,1-3H3,(H2,12,13,14). The Hall–Kier alpha value is -1.12. The fourth-order valence-corrected chi connectivity index (χ4v) is 1.74. The van der Waals surface area contributed by atoms with Crippen LogP contribution in [0.3, 0.4) is 0 Å². The first-order valence-electron chi connectivity index (χ1n) is 5.20. The minimum Gasteiger partial charge on any atom is -0.383 e. The summed E-state index contributed by atoms with van der Waals surface area (Å²) in [6.07, 6.45) is 3.30. The average molecular weight is 191 g/mol. The van der Waals surface area contributed by atoms with Gasteiger partial charge in [-0.1, -0.05) is 13.8 Å². The molecule has 0 aliphatic heterocycles. The number of rotatable bonds is 2. The van der Waals surface area contributed by atoms with Gasteiger partial charge in [-0.05, 0) is 26.2 Å². The highest BCUT2D eigenvalue weighted by Crippen LogP contribution is 2.46. The zero-order chi connectivity index (χ0) is 10.3. The SMILES string of the molecule is CCc1c(C)nc(C2(C)CC2)nc1N. The molecule has 0 saturated heterocycles. The van der Waals surface area contributed by atoms with Crippen LogP contribution in [0, 0.1) is 6.92 Å². The van der Waals surface area contributed by atoms with Crippen LogP contribution in [0.1, 0.15) is 43.8 Å². The van der Waals surface area contributed by atoms with Crippen LogP contribution in [-0.4, -0.2) is 9.97 Å². The molecule has 76 valence electrons. The van der Waals surface area contributed by atoms with Gasteiger partial charge in [-0.3, -0.25) is 0 Å². The van der Waals surface area contributed by atoms with E-state index in [0.717, 1.165) is 23.5 Å². The van der Waals surface area contributed by atoms with Gasteiger partial charge in [0.2, 0.25) is 0 Å². The second-order valence-corrected chi connectivity index (χ2v) is 4.41. The van der Waals surface area contributed by atoms with E-state index < -0.39 is 0 Å². The minimum atomic E-state index is 0.213. The summed E-state index contributed by atoms with van der Waals surface area (Å²) in [7, 11) is 0. The summed E-state index contributed by atoms with van der Waals surface area (Å²) in [5.74, 6) is 1.60. The molecule has 1 heterocycles. The molecule has 1 aliphatic carbocycles. The van der Waals surface area contributed by atoms with E-state index in [-0.39, 0.29) is 5.41 Å². The molecule has 1 aliphatic rings. The van der Waals surface area contributed by atoms with Crippen LogP contribution in [0.4, 0.5) is 5.82 Å². The third kappa shape index (κ3) is 1.37. The molecular formula is C11H17N3. The summed E-state index contributed by atoms with van der Waals surface area (Å²) >= 11 is 0. The second-order valence-electron chi connectivity index (χ2n) is 4.41. The first-order valence-corrected chi connectivity index (χ1v) is 5.20. The topological polar surface area (TPSA) is 51.8 Å². The van der Waals surface area contributed by atoms with E-state index >= 15 is 0 Å². The molecule has 0 amide bonds. The van der Waals surface area contributed by atoms with Crippen molar-refractivity contribution in [3.05, 3.63) is 17.1 Å². The van der Waals surface area contributed by atoms with Crippen molar-refractivity contribution in [3.63, 3.8) is 0 Å². The van der Waals surface area contributed by atoms with Crippen molar-refractivity contribution in [1.82, 2.24) is 9.97 Å². The summed E-state index contributed by atoms with van der Waals surface area (Å²) in [5.41, 5.74) is 8.26. The Bertz CT molecular complexity index is 344. The van der Waals surface area contributed by atoms with Crippen LogP contribution >= 0.6 is 0 Å². The molecule has 0 spiro atoms. The van der Waals surface area contributed by atoms with Gasteiger partial charge in [-0.15, -0.1) is 0 Å². The third-order valence-electron chi connectivity index (χ3n) is 3.14. The molecule has 1 saturated carbocycles. The van der Waals surface area contributed by atoms with Gasteiger partial charge in [0, 0.05) is 16.7 Å². The van der Waals surface area contributed by atoms with Crippen molar-refractivity contribution in [1.29, 1.82) is 0 Å². The van der Waals surface area contributed by atoms with E-state index in [1.54, 1.807) is 0 Å². The molecule has 2 rings (SSSR count). The van der Waals surface area contributed by atoms with Crippen LogP contribution < -0.4 is 5.73 Å². The van der Waals surface area contributed by atoms with Gasteiger partial charge in [-0.2, -0.15) is 0 Å². The molecule has 2 N–H and O–H groups in total. The molecule has 1 fully saturated rings. The molecule has 1 aromatic rings. The predicted molar refractivity (Wildman–Crippen MR) is 57.1 cm³/mol. The largest absolute Gasteiger partial charge is 0.383 e. The van der Waals surface area contributed by atoms with Crippen molar-refractivity contribution in [2.45, 2.75) is 45.4 Å². The highest BCUT2D eigenvalue weighted by Gasteiger charge is 2.42. The molecular weight excluding hydrogens is 174 g/mol. The minimum absolute atomic E-state index is 0.213. The summed E-state index contributed by atoms with van der Waals surface area (Å²) in [6.45, 7) is 6.31. The number of aryl methyl sites for hydroxylation is 1. The number of aromatic nitrogens is 2. The van der Waals surface area contributed by atoms with Crippen LogP contribution in [0.25, 0.3) is 0 Å². The lowest BCUT2D eigenvalue weighted by Gasteiger charge is -2.12. The van der Waals surface area contributed by atoms with Crippen molar-refractivity contribution in [3.8, 4) is 0 Å². The van der Waals surface area contributed by atoms with Crippen LogP contribution in [-0.2, 0) is 11.8 Å². The normalized spacial score (nSPS) is 18.2. The lowest BCUT2D eigenvalue weighted by molar-refractivity contribution is 0.701. The monoisotopic (exact) mass is 191 g/mol. The van der Waals surface area contributed by atoms with Gasteiger partial charge >= 0.3 is 0 Å². The van der Waals surface area contributed by atoms with Crippen molar-refractivity contribution >= 4 is 5.82 Å². The van der Waals surface area contributed by atoms with E-state index in [4.69, 9.17) is 5.73 Å². The van der Waals surface area contributed by atoms with E-state index in [0.29, 0.717) is 5.82 Å². The highest BCUT2D eigenvalue weighted by atomic mass is 15.0. The van der Waals surface area contributed by atoms with Gasteiger partial charge in [0.25, 0.3) is 0 Å². The maximum Gasteiger partial charge on any atom is 0.136 e. The average Bonchev–Trinajstić information content (AvgIpc) is 2.84. The number of anilines is 1. The molecule has 0 aromatic carbocycles. The molecule has 0 atom stereocenters. The Morgan fingerprint density at radius 1 is 1.36 bits per heavy atom. The Labute approximate surface area is 84.8 Å². The van der Waals surface area contributed by atoms with Crippen LogP contribution in [0.5, 0.6) is 0 Å². The van der Waals surface area contributed by atoms with E-state index in [1.165, 1.54) is 12.8 Å². The van der Waals surface area contributed by atoms with Gasteiger partial charge < -0.3 is 5.73 Å².